The van der Waals surface area contributed by atoms with Gasteiger partial charge in [-0.2, -0.15) is 0 Å². The largest absolute Gasteiger partial charge is 0.299 e. The summed E-state index contributed by atoms with van der Waals surface area (Å²) in [5, 5.41) is 0.544. The van der Waals surface area contributed by atoms with Crippen molar-refractivity contribution in [3.05, 3.63) is 38.8 Å². The van der Waals surface area contributed by atoms with Gasteiger partial charge in [0.1, 0.15) is 0 Å². The van der Waals surface area contributed by atoms with Crippen LogP contribution in [0.2, 0.25) is 10.0 Å². The van der Waals surface area contributed by atoms with E-state index in [1.807, 2.05) is 0 Å². The van der Waals surface area contributed by atoms with Gasteiger partial charge in [0.05, 0.1) is 27.8 Å². The van der Waals surface area contributed by atoms with Crippen LogP contribution in [0.15, 0.2) is 23.2 Å². The minimum atomic E-state index is -0.643. The fourth-order valence-corrected chi connectivity index (χ4v) is 2.42. The molecule has 6 heteroatoms. The third kappa shape index (κ3) is 2.01. The van der Waals surface area contributed by atoms with Crippen LogP contribution in [0, 0.1) is 0 Å². The Kier molecular flexibility index (Phi) is 3.30. The zero-order valence-corrected chi connectivity index (χ0v) is 11.6. The lowest BCUT2D eigenvalue weighted by Crippen LogP contribution is -2.30. The number of ketones is 1. The van der Waals surface area contributed by atoms with Crippen LogP contribution in [0.3, 0.4) is 0 Å². The van der Waals surface area contributed by atoms with Crippen molar-refractivity contribution in [1.29, 1.82) is 0 Å². The minimum absolute atomic E-state index is 0.165. The van der Waals surface area contributed by atoms with E-state index in [4.69, 9.17) is 23.2 Å². The number of benzene rings is 1. The van der Waals surface area contributed by atoms with Gasteiger partial charge in [-0.3, -0.25) is 14.5 Å². The zero-order valence-electron chi connectivity index (χ0n) is 8.47. The predicted molar refractivity (Wildman–Crippen MR) is 71.2 cm³/mol. The molecular weight excluding hydrogens is 329 g/mol. The molecule has 88 valence electrons. The van der Waals surface area contributed by atoms with Crippen molar-refractivity contribution in [1.82, 2.24) is 0 Å². The van der Waals surface area contributed by atoms with E-state index in [2.05, 4.69) is 22.5 Å². The number of rotatable bonds is 2. The molecule has 0 radical (unpaired) electrons. The number of nitrogens with zero attached hydrogens (tertiary/aromatic N) is 1. The Labute approximate surface area is 116 Å². The summed E-state index contributed by atoms with van der Waals surface area (Å²) in [5.74, 6) is -1.28. The predicted octanol–water partition coefficient (Wildman–Crippen LogP) is 3.43. The van der Waals surface area contributed by atoms with Gasteiger partial charge in [-0.25, -0.2) is 0 Å². The molecule has 1 aromatic rings. The van der Waals surface area contributed by atoms with E-state index in [-0.39, 0.29) is 17.1 Å². The molecule has 0 N–H and O–H groups in total. The molecule has 0 aliphatic carbocycles. The molecule has 1 heterocycles. The van der Waals surface area contributed by atoms with E-state index < -0.39 is 11.7 Å². The standard InChI is InChI=1S/C11H6BrCl2NO2/c1-5(12)4-15-9-7(14)3-2-6(13)8(9)10(16)11(15)17/h2-3H,1,4H2. The Bertz CT molecular complexity index is 557. The van der Waals surface area contributed by atoms with Crippen LogP contribution >= 0.6 is 39.1 Å². The first-order valence-electron chi connectivity index (χ1n) is 4.61. The van der Waals surface area contributed by atoms with E-state index in [0.29, 0.717) is 15.2 Å². The number of halogens is 3. The smallest absolute Gasteiger partial charge is 0.298 e. The summed E-state index contributed by atoms with van der Waals surface area (Å²) >= 11 is 15.1. The molecule has 1 aliphatic heterocycles. The quantitative estimate of drug-likeness (QED) is 0.777. The van der Waals surface area contributed by atoms with Crippen molar-refractivity contribution in [2.24, 2.45) is 0 Å². The fraction of sp³-hybridized carbons (Fsp3) is 0.0909. The molecule has 0 unspecified atom stereocenters. The third-order valence-corrected chi connectivity index (χ3v) is 3.21. The van der Waals surface area contributed by atoms with Gasteiger partial charge in [-0.1, -0.05) is 45.7 Å². The highest BCUT2D eigenvalue weighted by Crippen LogP contribution is 2.40. The molecule has 1 aromatic carbocycles. The van der Waals surface area contributed by atoms with E-state index in [1.165, 1.54) is 11.0 Å². The summed E-state index contributed by atoms with van der Waals surface area (Å²) < 4.78 is 0.572. The molecule has 3 nitrogen and oxygen atoms in total. The summed E-state index contributed by atoms with van der Waals surface area (Å²) in [6, 6.07) is 3.05. The average Bonchev–Trinajstić information content (AvgIpc) is 2.49. The summed E-state index contributed by atoms with van der Waals surface area (Å²) in [7, 11) is 0. The second-order valence-electron chi connectivity index (χ2n) is 3.49. The summed E-state index contributed by atoms with van der Waals surface area (Å²) in [5.41, 5.74) is 0.521. The molecule has 2 rings (SSSR count). The first-order chi connectivity index (χ1) is 7.93. The van der Waals surface area contributed by atoms with Crippen molar-refractivity contribution in [2.45, 2.75) is 0 Å². The number of fused-ring (bicyclic) bond motifs is 1. The zero-order chi connectivity index (χ0) is 12.7. The van der Waals surface area contributed by atoms with Crippen molar-refractivity contribution in [2.75, 3.05) is 11.4 Å². The van der Waals surface area contributed by atoms with Crippen molar-refractivity contribution in [3.63, 3.8) is 0 Å². The Balaban J connectivity index is 2.63. The molecule has 1 aliphatic rings. The lowest BCUT2D eigenvalue weighted by molar-refractivity contribution is -0.114. The molecule has 0 aromatic heterocycles. The molecule has 1 amide bonds. The summed E-state index contributed by atoms with van der Waals surface area (Å²) in [6.07, 6.45) is 0. The van der Waals surface area contributed by atoms with Crippen molar-refractivity contribution < 1.29 is 9.59 Å². The number of Topliss-reactive ketones (excluding diaryl/α,β-unsaturated/α-hetero) is 1. The third-order valence-electron chi connectivity index (χ3n) is 2.34. The van der Waals surface area contributed by atoms with E-state index in [1.54, 1.807) is 6.07 Å². The van der Waals surface area contributed by atoms with Crippen LogP contribution in [0.1, 0.15) is 10.4 Å². The van der Waals surface area contributed by atoms with E-state index in [9.17, 15) is 9.59 Å². The first-order valence-corrected chi connectivity index (χ1v) is 6.16. The van der Waals surface area contributed by atoms with Crippen molar-refractivity contribution >= 4 is 56.5 Å². The Morgan fingerprint density at radius 3 is 2.47 bits per heavy atom. The van der Waals surface area contributed by atoms with Crippen LogP contribution in [0.5, 0.6) is 0 Å². The normalized spacial score (nSPS) is 14.2. The maximum Gasteiger partial charge on any atom is 0.299 e. The fourth-order valence-electron chi connectivity index (χ4n) is 1.67. The van der Waals surface area contributed by atoms with E-state index >= 15 is 0 Å². The molecule has 0 atom stereocenters. The maximum atomic E-state index is 11.8. The summed E-state index contributed by atoms with van der Waals surface area (Å²) in [6.45, 7) is 3.82. The molecule has 17 heavy (non-hydrogen) atoms. The van der Waals surface area contributed by atoms with Crippen LogP contribution in [0.25, 0.3) is 0 Å². The van der Waals surface area contributed by atoms with Gasteiger partial charge in [0.2, 0.25) is 0 Å². The molecule has 0 spiro atoms. The number of carbonyl (C=O) groups excluding carboxylic acids is 2. The van der Waals surface area contributed by atoms with Gasteiger partial charge in [0, 0.05) is 4.48 Å². The van der Waals surface area contributed by atoms with Crippen LogP contribution in [-0.4, -0.2) is 18.2 Å². The summed E-state index contributed by atoms with van der Waals surface area (Å²) in [4.78, 5) is 24.8. The average molecular weight is 335 g/mol. The topological polar surface area (TPSA) is 37.4 Å². The number of hydrogen-bond acceptors (Lipinski definition) is 2. The number of hydrogen-bond donors (Lipinski definition) is 0. The van der Waals surface area contributed by atoms with Gasteiger partial charge >= 0.3 is 0 Å². The van der Waals surface area contributed by atoms with Gasteiger partial charge in [-0.05, 0) is 12.1 Å². The highest BCUT2D eigenvalue weighted by molar-refractivity contribution is 9.11. The minimum Gasteiger partial charge on any atom is -0.298 e. The highest BCUT2D eigenvalue weighted by Gasteiger charge is 2.39. The molecule has 0 bridgehead atoms. The number of anilines is 1. The SMILES string of the molecule is C=C(Br)CN1C(=O)C(=O)c2c(Cl)ccc(Cl)c21. The maximum absolute atomic E-state index is 11.8. The molecule has 0 fully saturated rings. The van der Waals surface area contributed by atoms with E-state index in [0.717, 1.165) is 0 Å². The first kappa shape index (κ1) is 12.6. The van der Waals surface area contributed by atoms with Crippen LogP contribution in [-0.2, 0) is 4.79 Å². The van der Waals surface area contributed by atoms with Crippen LogP contribution < -0.4 is 4.90 Å². The second kappa shape index (κ2) is 4.44. The lowest BCUT2D eigenvalue weighted by Gasteiger charge is -2.16. The Morgan fingerprint density at radius 1 is 1.29 bits per heavy atom. The monoisotopic (exact) mass is 333 g/mol. The molecule has 0 saturated heterocycles. The molecule has 0 saturated carbocycles. The Hall–Kier alpha value is -0.840. The lowest BCUT2D eigenvalue weighted by atomic mass is 10.1. The Morgan fingerprint density at radius 2 is 1.88 bits per heavy atom. The highest BCUT2D eigenvalue weighted by atomic mass is 79.9. The van der Waals surface area contributed by atoms with Crippen LogP contribution in [0.4, 0.5) is 5.69 Å². The van der Waals surface area contributed by atoms with Gasteiger partial charge in [0.25, 0.3) is 11.7 Å². The van der Waals surface area contributed by atoms with Crippen molar-refractivity contribution in [3.8, 4) is 0 Å². The van der Waals surface area contributed by atoms with Gasteiger partial charge in [0.15, 0.2) is 0 Å². The van der Waals surface area contributed by atoms with Gasteiger partial charge in [-0.15, -0.1) is 0 Å². The number of carbonyl (C=O) groups is 2. The van der Waals surface area contributed by atoms with Gasteiger partial charge < -0.3 is 0 Å². The number of amides is 1. The second-order valence-corrected chi connectivity index (χ2v) is 5.43. The molecular formula is C11H6BrCl2NO2.